The molecule has 0 aliphatic rings. The van der Waals surface area contributed by atoms with E-state index in [9.17, 15) is 13.2 Å². The van der Waals surface area contributed by atoms with Crippen molar-refractivity contribution in [1.82, 2.24) is 0 Å². The summed E-state index contributed by atoms with van der Waals surface area (Å²) in [6.45, 7) is -0.904. The first-order valence-corrected chi connectivity index (χ1v) is 5.91. The number of ether oxygens (including phenoxy) is 1. The molecule has 102 valence electrons. The summed E-state index contributed by atoms with van der Waals surface area (Å²) in [6.07, 6.45) is -3.88. The van der Waals surface area contributed by atoms with Crippen LogP contribution >= 0.6 is 11.6 Å². The van der Waals surface area contributed by atoms with Crippen molar-refractivity contribution in [2.45, 2.75) is 18.5 Å². The minimum Gasteiger partial charge on any atom is -0.372 e. The largest absolute Gasteiger partial charge is 0.411 e. The average molecular weight is 282 g/mol. The Hall–Kier alpha value is -0.780. The SMILES string of the molecule is NCC(CCOCC(F)(F)F)c1ccccc1Cl. The predicted molar refractivity (Wildman–Crippen MR) is 64.7 cm³/mol. The Balaban J connectivity index is 2.46. The zero-order valence-corrected chi connectivity index (χ0v) is 10.5. The summed E-state index contributed by atoms with van der Waals surface area (Å²) >= 11 is 6.01. The molecule has 1 aromatic carbocycles. The molecule has 1 atom stereocenters. The van der Waals surface area contributed by atoms with Gasteiger partial charge < -0.3 is 10.5 Å². The molecule has 18 heavy (non-hydrogen) atoms. The smallest absolute Gasteiger partial charge is 0.372 e. The van der Waals surface area contributed by atoms with Gasteiger partial charge >= 0.3 is 6.18 Å². The molecule has 2 nitrogen and oxygen atoms in total. The predicted octanol–water partition coefficient (Wildman–Crippen LogP) is 3.35. The monoisotopic (exact) mass is 281 g/mol. The summed E-state index contributed by atoms with van der Waals surface area (Å²) in [6, 6.07) is 7.17. The van der Waals surface area contributed by atoms with Gasteiger partial charge in [-0.25, -0.2) is 0 Å². The molecule has 0 amide bonds. The Morgan fingerprint density at radius 1 is 1.28 bits per heavy atom. The minimum absolute atomic E-state index is 0.00655. The second kappa shape index (κ2) is 6.97. The van der Waals surface area contributed by atoms with Gasteiger partial charge in [-0.15, -0.1) is 0 Å². The van der Waals surface area contributed by atoms with Gasteiger partial charge in [0.05, 0.1) is 0 Å². The molecular weight excluding hydrogens is 267 g/mol. The standard InChI is InChI=1S/C12H15ClF3NO/c13-11-4-2-1-3-10(11)9(7-17)5-6-18-8-12(14,15)16/h1-4,9H,5-8,17H2. The number of halogens is 4. The van der Waals surface area contributed by atoms with Gasteiger partial charge in [0.1, 0.15) is 6.61 Å². The van der Waals surface area contributed by atoms with E-state index in [0.717, 1.165) is 5.56 Å². The Morgan fingerprint density at radius 3 is 2.50 bits per heavy atom. The molecule has 0 radical (unpaired) electrons. The fraction of sp³-hybridized carbons (Fsp3) is 0.500. The molecule has 1 rings (SSSR count). The highest BCUT2D eigenvalue weighted by Crippen LogP contribution is 2.26. The minimum atomic E-state index is -4.29. The third kappa shape index (κ3) is 5.25. The van der Waals surface area contributed by atoms with Gasteiger partial charge in [-0.3, -0.25) is 0 Å². The maximum absolute atomic E-state index is 11.9. The Bertz CT molecular complexity index is 371. The van der Waals surface area contributed by atoms with E-state index in [-0.39, 0.29) is 12.5 Å². The molecule has 0 aliphatic heterocycles. The zero-order chi connectivity index (χ0) is 13.6. The number of hydrogen-bond donors (Lipinski definition) is 1. The first-order valence-electron chi connectivity index (χ1n) is 5.53. The fourth-order valence-electron chi connectivity index (χ4n) is 1.62. The molecular formula is C12H15ClF3NO. The number of nitrogens with two attached hydrogens (primary N) is 1. The Kier molecular flexibility index (Phi) is 5.91. The lowest BCUT2D eigenvalue weighted by atomic mass is 9.96. The quantitative estimate of drug-likeness (QED) is 0.812. The van der Waals surface area contributed by atoms with Crippen LogP contribution in [-0.4, -0.2) is 25.9 Å². The summed E-state index contributed by atoms with van der Waals surface area (Å²) in [5, 5.41) is 0.573. The third-order valence-electron chi connectivity index (χ3n) is 2.51. The molecule has 1 aromatic rings. The van der Waals surface area contributed by atoms with Crippen LogP contribution in [0, 0.1) is 0 Å². The third-order valence-corrected chi connectivity index (χ3v) is 2.85. The van der Waals surface area contributed by atoms with Crippen LogP contribution in [0.2, 0.25) is 5.02 Å². The lowest BCUT2D eigenvalue weighted by Gasteiger charge is -2.17. The number of alkyl halides is 3. The van der Waals surface area contributed by atoms with Crippen LogP contribution in [-0.2, 0) is 4.74 Å². The van der Waals surface area contributed by atoms with Crippen LogP contribution in [0.25, 0.3) is 0 Å². The van der Waals surface area contributed by atoms with Crippen molar-refractivity contribution >= 4 is 11.6 Å². The van der Waals surface area contributed by atoms with Gasteiger partial charge in [-0.1, -0.05) is 29.8 Å². The van der Waals surface area contributed by atoms with E-state index >= 15 is 0 Å². The topological polar surface area (TPSA) is 35.2 Å². The molecule has 0 heterocycles. The van der Waals surface area contributed by atoms with Crippen molar-refractivity contribution in [3.8, 4) is 0 Å². The van der Waals surface area contributed by atoms with Gasteiger partial charge in [-0.05, 0) is 30.5 Å². The molecule has 0 fully saturated rings. The van der Waals surface area contributed by atoms with Crippen molar-refractivity contribution in [1.29, 1.82) is 0 Å². The zero-order valence-electron chi connectivity index (χ0n) is 9.71. The second-order valence-corrected chi connectivity index (χ2v) is 4.32. The molecule has 2 N–H and O–H groups in total. The first-order chi connectivity index (χ1) is 8.44. The molecule has 0 saturated heterocycles. The van der Waals surface area contributed by atoms with E-state index in [1.165, 1.54) is 0 Å². The lowest BCUT2D eigenvalue weighted by Crippen LogP contribution is -2.20. The molecule has 0 aromatic heterocycles. The molecule has 1 unspecified atom stereocenters. The van der Waals surface area contributed by atoms with Crippen LogP contribution in [0.5, 0.6) is 0 Å². The average Bonchev–Trinajstić information content (AvgIpc) is 2.29. The summed E-state index contributed by atoms with van der Waals surface area (Å²) in [5.74, 6) is -0.0908. The Morgan fingerprint density at radius 2 is 1.94 bits per heavy atom. The van der Waals surface area contributed by atoms with Gasteiger partial charge in [-0.2, -0.15) is 13.2 Å². The summed E-state index contributed by atoms with van der Waals surface area (Å²) in [5.41, 5.74) is 6.45. The van der Waals surface area contributed by atoms with E-state index in [4.69, 9.17) is 17.3 Å². The van der Waals surface area contributed by atoms with Gasteiger partial charge in [0.25, 0.3) is 0 Å². The van der Waals surface area contributed by atoms with Gasteiger partial charge in [0, 0.05) is 11.6 Å². The van der Waals surface area contributed by atoms with Crippen LogP contribution < -0.4 is 5.73 Å². The van der Waals surface area contributed by atoms with E-state index < -0.39 is 12.8 Å². The van der Waals surface area contributed by atoms with Crippen LogP contribution in [0.3, 0.4) is 0 Å². The number of rotatable bonds is 6. The lowest BCUT2D eigenvalue weighted by molar-refractivity contribution is -0.174. The second-order valence-electron chi connectivity index (χ2n) is 3.91. The van der Waals surface area contributed by atoms with Crippen LogP contribution in [0.1, 0.15) is 17.9 Å². The number of benzene rings is 1. The molecule has 0 aliphatic carbocycles. The molecule has 0 spiro atoms. The van der Waals surface area contributed by atoms with Crippen LogP contribution in [0.4, 0.5) is 13.2 Å². The van der Waals surface area contributed by atoms with E-state index in [1.54, 1.807) is 12.1 Å². The number of hydrogen-bond acceptors (Lipinski definition) is 2. The van der Waals surface area contributed by atoms with E-state index in [1.807, 2.05) is 12.1 Å². The van der Waals surface area contributed by atoms with Gasteiger partial charge in [0.15, 0.2) is 0 Å². The summed E-state index contributed by atoms with van der Waals surface area (Å²) in [7, 11) is 0. The van der Waals surface area contributed by atoms with Crippen molar-refractivity contribution in [2.75, 3.05) is 19.8 Å². The highest BCUT2D eigenvalue weighted by Gasteiger charge is 2.27. The summed E-state index contributed by atoms with van der Waals surface area (Å²) < 4.78 is 40.2. The molecule has 0 saturated carbocycles. The fourth-order valence-corrected chi connectivity index (χ4v) is 1.91. The molecule has 6 heteroatoms. The normalized spacial score (nSPS) is 13.6. The Labute approximate surface area is 109 Å². The van der Waals surface area contributed by atoms with Crippen molar-refractivity contribution < 1.29 is 17.9 Å². The van der Waals surface area contributed by atoms with Gasteiger partial charge in [0.2, 0.25) is 0 Å². The first kappa shape index (κ1) is 15.3. The highest BCUT2D eigenvalue weighted by molar-refractivity contribution is 6.31. The van der Waals surface area contributed by atoms with E-state index in [2.05, 4.69) is 4.74 Å². The van der Waals surface area contributed by atoms with Crippen LogP contribution in [0.15, 0.2) is 24.3 Å². The maximum atomic E-state index is 11.9. The van der Waals surface area contributed by atoms with Crippen molar-refractivity contribution in [3.05, 3.63) is 34.9 Å². The highest BCUT2D eigenvalue weighted by atomic mass is 35.5. The summed E-state index contributed by atoms with van der Waals surface area (Å²) in [4.78, 5) is 0. The van der Waals surface area contributed by atoms with E-state index in [0.29, 0.717) is 18.0 Å². The van der Waals surface area contributed by atoms with Crippen molar-refractivity contribution in [3.63, 3.8) is 0 Å². The molecule has 0 bridgehead atoms. The maximum Gasteiger partial charge on any atom is 0.411 e. The van der Waals surface area contributed by atoms with Crippen molar-refractivity contribution in [2.24, 2.45) is 5.73 Å².